The summed E-state index contributed by atoms with van der Waals surface area (Å²) in [4.78, 5) is 24.6. The number of nitrogens with one attached hydrogen (secondary N) is 1. The molecule has 1 aromatic heterocycles. The molecule has 27 heavy (non-hydrogen) atoms. The van der Waals surface area contributed by atoms with Crippen molar-refractivity contribution in [2.75, 3.05) is 0 Å². The number of amides is 1. The number of rotatable bonds is 4. The second kappa shape index (κ2) is 7.10. The van der Waals surface area contributed by atoms with Gasteiger partial charge in [-0.2, -0.15) is 5.10 Å². The largest absolute Gasteiger partial charge is 0.573 e. The third-order valence-corrected chi connectivity index (χ3v) is 3.78. The van der Waals surface area contributed by atoms with E-state index < -0.39 is 12.3 Å². The van der Waals surface area contributed by atoms with Gasteiger partial charge in [0.2, 0.25) is 0 Å². The minimum atomic E-state index is -4.76. The van der Waals surface area contributed by atoms with Crippen LogP contribution in [0.4, 0.5) is 13.2 Å². The van der Waals surface area contributed by atoms with E-state index in [-0.39, 0.29) is 23.5 Å². The number of hydrogen-bond donors (Lipinski definition) is 1. The predicted octanol–water partition coefficient (Wildman–Crippen LogP) is 2.76. The maximum Gasteiger partial charge on any atom is 0.573 e. The third kappa shape index (κ3) is 4.25. The summed E-state index contributed by atoms with van der Waals surface area (Å²) >= 11 is 0. The zero-order valence-electron chi connectivity index (χ0n) is 14.1. The average Bonchev–Trinajstić information content (AvgIpc) is 2.62. The fourth-order valence-corrected chi connectivity index (χ4v) is 2.54. The lowest BCUT2D eigenvalue weighted by Crippen LogP contribution is -2.29. The van der Waals surface area contributed by atoms with Crippen molar-refractivity contribution < 1.29 is 22.7 Å². The number of halogens is 3. The summed E-state index contributed by atoms with van der Waals surface area (Å²) < 4.78 is 41.4. The molecule has 1 N–H and O–H groups in total. The van der Waals surface area contributed by atoms with Crippen molar-refractivity contribution in [3.05, 3.63) is 70.1 Å². The first-order chi connectivity index (χ1) is 12.7. The van der Waals surface area contributed by atoms with E-state index in [1.807, 2.05) is 0 Å². The van der Waals surface area contributed by atoms with Crippen LogP contribution < -0.4 is 15.6 Å². The third-order valence-electron chi connectivity index (χ3n) is 3.78. The van der Waals surface area contributed by atoms with Gasteiger partial charge in [0.15, 0.2) is 5.69 Å². The van der Waals surface area contributed by atoms with Gasteiger partial charge in [-0.25, -0.2) is 4.68 Å². The minimum Gasteiger partial charge on any atom is -0.406 e. The Labute approximate surface area is 151 Å². The van der Waals surface area contributed by atoms with Crippen molar-refractivity contribution >= 4 is 16.7 Å². The molecule has 0 fully saturated rings. The van der Waals surface area contributed by atoms with Gasteiger partial charge in [-0.05, 0) is 23.8 Å². The number of benzene rings is 2. The number of alkyl halides is 3. The van der Waals surface area contributed by atoms with Crippen LogP contribution in [-0.2, 0) is 13.6 Å². The summed E-state index contributed by atoms with van der Waals surface area (Å²) in [5.74, 6) is -0.847. The summed E-state index contributed by atoms with van der Waals surface area (Å²) in [5, 5.41) is 7.45. The topological polar surface area (TPSA) is 73.2 Å². The van der Waals surface area contributed by atoms with E-state index in [0.717, 1.165) is 16.8 Å². The number of fused-ring (bicyclic) bond motifs is 1. The monoisotopic (exact) mass is 377 g/mol. The highest BCUT2D eigenvalue weighted by Crippen LogP contribution is 2.22. The maximum absolute atomic E-state index is 12.5. The maximum atomic E-state index is 12.5. The highest BCUT2D eigenvalue weighted by atomic mass is 19.4. The summed E-state index contributed by atoms with van der Waals surface area (Å²) in [7, 11) is 1.45. The molecule has 0 atom stereocenters. The van der Waals surface area contributed by atoms with Crippen LogP contribution >= 0.6 is 0 Å². The lowest BCUT2D eigenvalue weighted by Gasteiger charge is -2.10. The molecule has 0 aliphatic heterocycles. The van der Waals surface area contributed by atoms with Gasteiger partial charge in [-0.15, -0.1) is 13.2 Å². The van der Waals surface area contributed by atoms with Gasteiger partial charge >= 0.3 is 6.36 Å². The Morgan fingerprint density at radius 3 is 2.37 bits per heavy atom. The van der Waals surface area contributed by atoms with Gasteiger partial charge in [-0.1, -0.05) is 30.3 Å². The quantitative estimate of drug-likeness (QED) is 0.759. The first kappa shape index (κ1) is 18.4. The average molecular weight is 377 g/mol. The van der Waals surface area contributed by atoms with Crippen molar-refractivity contribution in [2.24, 2.45) is 7.05 Å². The van der Waals surface area contributed by atoms with Crippen molar-refractivity contribution in [2.45, 2.75) is 12.9 Å². The highest BCUT2D eigenvalue weighted by Gasteiger charge is 2.30. The lowest BCUT2D eigenvalue weighted by atomic mass is 10.1. The molecule has 1 amide bonds. The normalized spacial score (nSPS) is 11.4. The first-order valence-electron chi connectivity index (χ1n) is 7.83. The van der Waals surface area contributed by atoms with E-state index in [4.69, 9.17) is 0 Å². The Morgan fingerprint density at radius 1 is 1.11 bits per heavy atom. The van der Waals surface area contributed by atoms with E-state index in [2.05, 4.69) is 15.2 Å². The molecule has 0 aliphatic carbocycles. The molecule has 140 valence electrons. The number of hydrogen-bond acceptors (Lipinski definition) is 4. The molecule has 0 radical (unpaired) electrons. The lowest BCUT2D eigenvalue weighted by molar-refractivity contribution is -0.274. The molecular formula is C18H14F3N3O3. The SMILES string of the molecule is Cn1nc(C(=O)NCc2ccc(OC(F)(F)F)cc2)c2ccccc2c1=O. The second-order valence-corrected chi connectivity index (χ2v) is 5.70. The molecule has 2 aromatic carbocycles. The smallest absolute Gasteiger partial charge is 0.406 e. The predicted molar refractivity (Wildman–Crippen MR) is 91.3 cm³/mol. The van der Waals surface area contributed by atoms with Gasteiger partial charge in [0, 0.05) is 19.0 Å². The Balaban J connectivity index is 1.76. The van der Waals surface area contributed by atoms with E-state index in [1.165, 1.54) is 19.2 Å². The fourth-order valence-electron chi connectivity index (χ4n) is 2.54. The van der Waals surface area contributed by atoms with Crippen molar-refractivity contribution in [3.8, 4) is 5.75 Å². The number of aromatic nitrogens is 2. The minimum absolute atomic E-state index is 0.0734. The summed E-state index contributed by atoms with van der Waals surface area (Å²) in [6.45, 7) is 0.0734. The van der Waals surface area contributed by atoms with Gasteiger partial charge in [0.1, 0.15) is 5.75 Å². The molecular weight excluding hydrogens is 363 g/mol. The number of carbonyl (C=O) groups is 1. The molecule has 0 aliphatic rings. The van der Waals surface area contributed by atoms with E-state index in [1.54, 1.807) is 24.3 Å². The molecule has 3 rings (SSSR count). The van der Waals surface area contributed by atoms with Crippen LogP contribution in [0, 0.1) is 0 Å². The molecule has 0 saturated heterocycles. The number of aryl methyl sites for hydroxylation is 1. The standard InChI is InChI=1S/C18H14F3N3O3/c1-24-17(26)14-5-3-2-4-13(14)15(23-24)16(25)22-10-11-6-8-12(9-7-11)27-18(19,20)21/h2-9H,10H2,1H3,(H,22,25). The molecule has 9 heteroatoms. The van der Waals surface area contributed by atoms with Gasteiger partial charge in [0.25, 0.3) is 11.5 Å². The Kier molecular flexibility index (Phi) is 4.85. The molecule has 0 saturated carbocycles. The van der Waals surface area contributed by atoms with Gasteiger partial charge < -0.3 is 10.1 Å². The Morgan fingerprint density at radius 2 is 1.74 bits per heavy atom. The Hall–Kier alpha value is -3.36. The van der Waals surface area contributed by atoms with Crippen LogP contribution in [0.1, 0.15) is 16.1 Å². The van der Waals surface area contributed by atoms with Crippen molar-refractivity contribution in [3.63, 3.8) is 0 Å². The van der Waals surface area contributed by atoms with Crippen molar-refractivity contribution in [1.82, 2.24) is 15.1 Å². The summed E-state index contributed by atoms with van der Waals surface area (Å²) in [6.07, 6.45) is -4.76. The zero-order valence-corrected chi connectivity index (χ0v) is 14.1. The summed E-state index contributed by atoms with van der Waals surface area (Å²) in [5.41, 5.74) is 0.346. The van der Waals surface area contributed by atoms with E-state index in [0.29, 0.717) is 16.3 Å². The number of nitrogens with zero attached hydrogens (tertiary/aromatic N) is 2. The molecule has 0 unspecified atom stereocenters. The summed E-state index contributed by atoms with van der Waals surface area (Å²) in [6, 6.07) is 11.8. The molecule has 6 nitrogen and oxygen atoms in total. The molecule has 0 bridgehead atoms. The molecule has 1 heterocycles. The molecule has 3 aromatic rings. The van der Waals surface area contributed by atoms with Gasteiger partial charge in [0.05, 0.1) is 5.39 Å². The van der Waals surface area contributed by atoms with Crippen LogP contribution in [0.2, 0.25) is 0 Å². The van der Waals surface area contributed by atoms with Crippen LogP contribution in [0.25, 0.3) is 10.8 Å². The van der Waals surface area contributed by atoms with Crippen LogP contribution in [-0.4, -0.2) is 22.1 Å². The number of ether oxygens (including phenoxy) is 1. The second-order valence-electron chi connectivity index (χ2n) is 5.70. The van der Waals surface area contributed by atoms with Crippen LogP contribution in [0.3, 0.4) is 0 Å². The Bertz CT molecular complexity index is 1040. The van der Waals surface area contributed by atoms with E-state index >= 15 is 0 Å². The molecule has 0 spiro atoms. The van der Waals surface area contributed by atoms with Gasteiger partial charge in [-0.3, -0.25) is 9.59 Å². The zero-order chi connectivity index (χ0) is 19.6. The van der Waals surface area contributed by atoms with E-state index in [9.17, 15) is 22.8 Å². The van der Waals surface area contributed by atoms with Crippen LogP contribution in [0.5, 0.6) is 5.75 Å². The van der Waals surface area contributed by atoms with Crippen LogP contribution in [0.15, 0.2) is 53.3 Å². The fraction of sp³-hybridized carbons (Fsp3) is 0.167. The first-order valence-corrected chi connectivity index (χ1v) is 7.83. The highest BCUT2D eigenvalue weighted by molar-refractivity contribution is 6.04. The van der Waals surface area contributed by atoms with Crippen molar-refractivity contribution in [1.29, 1.82) is 0 Å². The number of carbonyl (C=O) groups excluding carboxylic acids is 1.